The van der Waals surface area contributed by atoms with Gasteiger partial charge in [0.15, 0.2) is 11.5 Å². The Bertz CT molecular complexity index is 1020. The summed E-state index contributed by atoms with van der Waals surface area (Å²) >= 11 is 5.79. The van der Waals surface area contributed by atoms with Gasteiger partial charge in [0, 0.05) is 24.1 Å². The standard InChI is InChI=1S/C16H11ClFN5O2/c1-25-16(24)15-14(20)9(5-19)7-22(15)11-2-3-13(12(18)4-11)23-8-10(17)6-21-23/h2-4,6-8H,20H2,1H3. The molecule has 0 radical (unpaired) electrons. The van der Waals surface area contributed by atoms with E-state index in [0.29, 0.717) is 10.7 Å². The molecule has 0 fully saturated rings. The minimum atomic E-state index is -0.734. The maximum atomic E-state index is 14.5. The fraction of sp³-hybridized carbons (Fsp3) is 0.0625. The van der Waals surface area contributed by atoms with Gasteiger partial charge >= 0.3 is 5.97 Å². The number of nitrogen functional groups attached to an aromatic ring is 1. The second-order valence-electron chi connectivity index (χ2n) is 5.02. The number of nitriles is 1. The number of ether oxygens (including phenoxy) is 1. The number of carbonyl (C=O) groups excluding carboxylic acids is 1. The Kier molecular flexibility index (Phi) is 4.17. The van der Waals surface area contributed by atoms with E-state index in [0.717, 1.165) is 0 Å². The van der Waals surface area contributed by atoms with Crippen LogP contribution in [0.25, 0.3) is 11.4 Å². The first-order valence-corrected chi connectivity index (χ1v) is 7.33. The van der Waals surface area contributed by atoms with Crippen LogP contribution in [0.15, 0.2) is 36.8 Å². The molecule has 2 heterocycles. The Morgan fingerprint density at radius 1 is 1.44 bits per heavy atom. The largest absolute Gasteiger partial charge is 0.464 e. The van der Waals surface area contributed by atoms with E-state index in [9.17, 15) is 9.18 Å². The van der Waals surface area contributed by atoms with Gasteiger partial charge in [-0.3, -0.25) is 0 Å². The lowest BCUT2D eigenvalue weighted by molar-refractivity contribution is 0.0593. The third kappa shape index (κ3) is 2.81. The van der Waals surface area contributed by atoms with Gasteiger partial charge in [-0.25, -0.2) is 13.9 Å². The predicted molar refractivity (Wildman–Crippen MR) is 88.3 cm³/mol. The van der Waals surface area contributed by atoms with Crippen molar-refractivity contribution in [2.45, 2.75) is 0 Å². The summed E-state index contributed by atoms with van der Waals surface area (Å²) in [6, 6.07) is 6.10. The van der Waals surface area contributed by atoms with Gasteiger partial charge in [0.05, 0.1) is 29.6 Å². The fourth-order valence-corrected chi connectivity index (χ4v) is 2.52. The average molecular weight is 360 g/mol. The topological polar surface area (TPSA) is 98.9 Å². The summed E-state index contributed by atoms with van der Waals surface area (Å²) in [6.45, 7) is 0. The first-order chi connectivity index (χ1) is 12.0. The van der Waals surface area contributed by atoms with Crippen LogP contribution in [0, 0.1) is 17.1 Å². The zero-order chi connectivity index (χ0) is 18.1. The smallest absolute Gasteiger partial charge is 0.357 e. The number of nitrogens with two attached hydrogens (primary N) is 1. The van der Waals surface area contributed by atoms with Crippen LogP contribution in [0.1, 0.15) is 16.1 Å². The molecule has 25 heavy (non-hydrogen) atoms. The Morgan fingerprint density at radius 3 is 2.76 bits per heavy atom. The van der Waals surface area contributed by atoms with Crippen LogP contribution in [0.2, 0.25) is 5.02 Å². The Labute approximate surface area is 146 Å². The number of esters is 1. The fourth-order valence-electron chi connectivity index (χ4n) is 2.38. The molecule has 3 aromatic rings. The number of nitrogens with zero attached hydrogens (tertiary/aromatic N) is 4. The van der Waals surface area contributed by atoms with Gasteiger partial charge in [0.2, 0.25) is 0 Å². The second kappa shape index (κ2) is 6.30. The number of carbonyl (C=O) groups is 1. The molecule has 9 heteroatoms. The summed E-state index contributed by atoms with van der Waals surface area (Å²) in [5.74, 6) is -1.33. The highest BCUT2D eigenvalue weighted by molar-refractivity contribution is 6.30. The number of aromatic nitrogens is 3. The molecule has 0 bridgehead atoms. The van der Waals surface area contributed by atoms with Gasteiger partial charge in [-0.2, -0.15) is 10.4 Å². The number of halogens is 2. The zero-order valence-corrected chi connectivity index (χ0v) is 13.7. The Hall–Kier alpha value is -3.31. The molecule has 0 aliphatic heterocycles. The van der Waals surface area contributed by atoms with Gasteiger partial charge < -0.3 is 15.0 Å². The van der Waals surface area contributed by atoms with E-state index < -0.39 is 11.8 Å². The molecule has 7 nitrogen and oxygen atoms in total. The van der Waals surface area contributed by atoms with Crippen molar-refractivity contribution in [3.8, 4) is 17.4 Å². The molecule has 3 rings (SSSR count). The average Bonchev–Trinajstić information content (AvgIpc) is 3.17. The highest BCUT2D eigenvalue weighted by Crippen LogP contribution is 2.26. The lowest BCUT2D eigenvalue weighted by atomic mass is 10.2. The number of methoxy groups -OCH3 is 1. The van der Waals surface area contributed by atoms with E-state index in [4.69, 9.17) is 27.3 Å². The van der Waals surface area contributed by atoms with Crippen molar-refractivity contribution in [2.24, 2.45) is 0 Å². The van der Waals surface area contributed by atoms with E-state index in [2.05, 4.69) is 5.10 Å². The third-order valence-corrected chi connectivity index (χ3v) is 3.75. The minimum Gasteiger partial charge on any atom is -0.464 e. The van der Waals surface area contributed by atoms with Crippen molar-refractivity contribution in [1.82, 2.24) is 14.3 Å². The van der Waals surface area contributed by atoms with Crippen LogP contribution in [-0.4, -0.2) is 27.4 Å². The second-order valence-corrected chi connectivity index (χ2v) is 5.45. The lowest BCUT2D eigenvalue weighted by Gasteiger charge is -2.10. The molecule has 1 aromatic carbocycles. The summed E-state index contributed by atoms with van der Waals surface area (Å²) in [5, 5.41) is 13.4. The van der Waals surface area contributed by atoms with Gasteiger partial charge in [-0.05, 0) is 12.1 Å². The van der Waals surface area contributed by atoms with E-state index in [1.807, 2.05) is 6.07 Å². The van der Waals surface area contributed by atoms with Crippen molar-refractivity contribution in [3.05, 3.63) is 58.9 Å². The van der Waals surface area contributed by atoms with Crippen molar-refractivity contribution in [3.63, 3.8) is 0 Å². The number of rotatable bonds is 3. The van der Waals surface area contributed by atoms with Crippen molar-refractivity contribution >= 4 is 23.3 Å². The van der Waals surface area contributed by atoms with Crippen LogP contribution in [0.4, 0.5) is 10.1 Å². The predicted octanol–water partition coefficient (Wildman–Crippen LogP) is 2.70. The van der Waals surface area contributed by atoms with E-state index >= 15 is 0 Å². The summed E-state index contributed by atoms with van der Waals surface area (Å²) in [6.07, 6.45) is 4.19. The molecule has 2 N–H and O–H groups in total. The Morgan fingerprint density at radius 2 is 2.20 bits per heavy atom. The summed E-state index contributed by atoms with van der Waals surface area (Å²) < 4.78 is 21.8. The molecule has 0 aliphatic carbocycles. The molecule has 0 amide bonds. The van der Waals surface area contributed by atoms with Crippen LogP contribution in [-0.2, 0) is 4.74 Å². The monoisotopic (exact) mass is 359 g/mol. The molecule has 0 saturated heterocycles. The SMILES string of the molecule is COC(=O)c1c(N)c(C#N)cn1-c1ccc(-n2cc(Cl)cn2)c(F)c1. The molecular formula is C16H11ClFN5O2. The van der Waals surface area contributed by atoms with E-state index in [1.54, 1.807) is 6.07 Å². The Balaban J connectivity index is 2.13. The number of benzene rings is 1. The third-order valence-electron chi connectivity index (χ3n) is 3.55. The summed E-state index contributed by atoms with van der Waals surface area (Å²) in [5.41, 5.74) is 6.31. The van der Waals surface area contributed by atoms with Gasteiger partial charge in [-0.15, -0.1) is 0 Å². The highest BCUT2D eigenvalue weighted by atomic mass is 35.5. The summed E-state index contributed by atoms with van der Waals surface area (Å²) in [7, 11) is 1.19. The van der Waals surface area contributed by atoms with E-state index in [1.165, 1.54) is 47.1 Å². The maximum Gasteiger partial charge on any atom is 0.357 e. The molecular weight excluding hydrogens is 349 g/mol. The summed E-state index contributed by atoms with van der Waals surface area (Å²) in [4.78, 5) is 12.0. The molecule has 0 atom stereocenters. The number of anilines is 1. The van der Waals surface area contributed by atoms with Crippen LogP contribution in [0.5, 0.6) is 0 Å². The molecule has 0 spiro atoms. The van der Waals surface area contributed by atoms with Gasteiger partial charge in [0.1, 0.15) is 11.8 Å². The number of hydrogen-bond acceptors (Lipinski definition) is 5. The van der Waals surface area contributed by atoms with Crippen LogP contribution < -0.4 is 5.73 Å². The highest BCUT2D eigenvalue weighted by Gasteiger charge is 2.22. The molecule has 0 saturated carbocycles. The van der Waals surface area contributed by atoms with Crippen LogP contribution in [0.3, 0.4) is 0 Å². The maximum absolute atomic E-state index is 14.5. The first kappa shape index (κ1) is 16.5. The normalized spacial score (nSPS) is 10.5. The molecule has 0 unspecified atom stereocenters. The first-order valence-electron chi connectivity index (χ1n) is 6.96. The van der Waals surface area contributed by atoms with E-state index in [-0.39, 0.29) is 22.6 Å². The molecule has 126 valence electrons. The zero-order valence-electron chi connectivity index (χ0n) is 12.9. The van der Waals surface area contributed by atoms with Crippen molar-refractivity contribution in [1.29, 1.82) is 5.26 Å². The quantitative estimate of drug-likeness (QED) is 0.725. The van der Waals surface area contributed by atoms with Crippen LogP contribution >= 0.6 is 11.6 Å². The molecule has 0 aliphatic rings. The van der Waals surface area contributed by atoms with Crippen molar-refractivity contribution in [2.75, 3.05) is 12.8 Å². The molecule has 2 aromatic heterocycles. The van der Waals surface area contributed by atoms with Gasteiger partial charge in [0.25, 0.3) is 0 Å². The number of hydrogen-bond donors (Lipinski definition) is 1. The van der Waals surface area contributed by atoms with Gasteiger partial charge in [-0.1, -0.05) is 11.6 Å². The lowest BCUT2D eigenvalue weighted by Crippen LogP contribution is -2.11. The minimum absolute atomic E-state index is 0.0299. The van der Waals surface area contributed by atoms with Crippen molar-refractivity contribution < 1.29 is 13.9 Å².